The Labute approximate surface area is 380 Å². The van der Waals surface area contributed by atoms with Crippen LogP contribution in [-0.2, 0) is 14.4 Å². The van der Waals surface area contributed by atoms with Gasteiger partial charge in [0.15, 0.2) is 0 Å². The number of aliphatic hydroxyl groups excluding tert-OH is 1. The maximum atomic E-state index is 14.1. The maximum absolute atomic E-state index is 14.1. The van der Waals surface area contributed by atoms with Crippen LogP contribution in [0.15, 0.2) is 83.4 Å². The standard InChI is InChI=1S/C50H59ClN6O7/c1-29(2)43(41-23-30(3)55-64-41)46(62)57-28-36(58)24-40(57)45(61)53-39(33-11-9-8-10-12-33)26-42(59)56-21-19-32(20-22-56)31-13-15-34(16-14-31)44(60)54-47-49(4,5)48(50(47,6)7)63-37-18-17-35(27-52)38(51)25-37/h8-18,23,25,29,32,36,39-40,43,47-48,58H,19-22,24,26,28H2,1-7H3,(H,53,61)(H,54,60). The third-order valence-corrected chi connectivity index (χ3v) is 13.9. The van der Waals surface area contributed by atoms with E-state index in [1.54, 1.807) is 31.2 Å². The molecule has 0 bridgehead atoms. The number of aliphatic hydroxyl groups is 1. The van der Waals surface area contributed by atoms with E-state index in [2.05, 4.69) is 49.6 Å². The number of aromatic nitrogens is 1. The Morgan fingerprint density at radius 3 is 2.25 bits per heavy atom. The fourth-order valence-electron chi connectivity index (χ4n) is 10.4. The minimum Gasteiger partial charge on any atom is -0.489 e. The van der Waals surface area contributed by atoms with E-state index in [-0.39, 0.29) is 61.1 Å². The Kier molecular flexibility index (Phi) is 13.6. The second-order valence-corrected chi connectivity index (χ2v) is 19.6. The van der Waals surface area contributed by atoms with Crippen molar-refractivity contribution in [2.45, 2.75) is 116 Å². The number of nitrogens with one attached hydrogen (secondary N) is 2. The average molecular weight is 892 g/mol. The van der Waals surface area contributed by atoms with Crippen molar-refractivity contribution < 1.29 is 33.5 Å². The molecule has 2 aliphatic heterocycles. The summed E-state index contributed by atoms with van der Waals surface area (Å²) in [5.74, 6) is -0.621. The van der Waals surface area contributed by atoms with Crippen LogP contribution in [0.5, 0.6) is 5.75 Å². The zero-order valence-electron chi connectivity index (χ0n) is 37.6. The van der Waals surface area contributed by atoms with E-state index in [9.17, 15) is 29.5 Å². The molecule has 3 fully saturated rings. The first kappa shape index (κ1) is 46.3. The first-order chi connectivity index (χ1) is 30.4. The highest BCUT2D eigenvalue weighted by molar-refractivity contribution is 6.31. The van der Waals surface area contributed by atoms with Crippen LogP contribution >= 0.6 is 11.6 Å². The summed E-state index contributed by atoms with van der Waals surface area (Å²) in [7, 11) is 0. The van der Waals surface area contributed by atoms with Gasteiger partial charge in [0, 0.05) is 60.6 Å². The number of carbonyl (C=O) groups excluding carboxylic acids is 4. The molecule has 3 N–H and O–H groups in total. The predicted molar refractivity (Wildman–Crippen MR) is 241 cm³/mol. The SMILES string of the molecule is Cc1cc(C(C(=O)N2CC(O)CC2C(=O)NC(CC(=O)N2CCC(c3ccc(C(=O)NC4C(C)(C)C(Oc5ccc(C#N)c(Cl)c5)C4(C)C)cc3)CC2)c2ccccc2)C(C)C)on1. The lowest BCUT2D eigenvalue weighted by Crippen LogP contribution is -2.74. The Morgan fingerprint density at radius 2 is 1.66 bits per heavy atom. The number of piperidine rings is 1. The molecule has 0 spiro atoms. The van der Waals surface area contributed by atoms with Crippen LogP contribution in [0, 0.1) is 35.0 Å². The molecule has 3 aliphatic rings. The minimum atomic E-state index is -0.923. The van der Waals surface area contributed by atoms with Crippen molar-refractivity contribution in [1.29, 1.82) is 5.26 Å². The van der Waals surface area contributed by atoms with Gasteiger partial charge in [-0.2, -0.15) is 5.26 Å². The van der Waals surface area contributed by atoms with Gasteiger partial charge in [-0.05, 0) is 67.0 Å². The van der Waals surface area contributed by atoms with E-state index in [1.807, 2.05) is 73.3 Å². The monoisotopic (exact) mass is 890 g/mol. The van der Waals surface area contributed by atoms with Crippen LogP contribution in [0.1, 0.15) is 124 Å². The first-order valence-electron chi connectivity index (χ1n) is 22.2. The zero-order valence-corrected chi connectivity index (χ0v) is 38.4. The summed E-state index contributed by atoms with van der Waals surface area (Å²) in [6.07, 6.45) is 0.512. The fraction of sp³-hybridized carbons (Fsp3) is 0.480. The third-order valence-electron chi connectivity index (χ3n) is 13.6. The fourth-order valence-corrected chi connectivity index (χ4v) is 10.7. The normalized spacial score (nSPS) is 22.5. The van der Waals surface area contributed by atoms with Crippen LogP contribution < -0.4 is 15.4 Å². The minimum absolute atomic E-state index is 0.0139. The molecule has 4 amide bonds. The molecule has 3 aromatic carbocycles. The van der Waals surface area contributed by atoms with Gasteiger partial charge in [0.05, 0.1) is 34.8 Å². The smallest absolute Gasteiger partial charge is 0.251 e. The summed E-state index contributed by atoms with van der Waals surface area (Å²) in [4.78, 5) is 58.9. The van der Waals surface area contributed by atoms with Gasteiger partial charge in [-0.15, -0.1) is 0 Å². The predicted octanol–water partition coefficient (Wildman–Crippen LogP) is 7.48. The van der Waals surface area contributed by atoms with Crippen molar-refractivity contribution >= 4 is 35.2 Å². The molecule has 1 aliphatic carbocycles. The summed E-state index contributed by atoms with van der Waals surface area (Å²) < 4.78 is 11.9. The Bertz CT molecular complexity index is 2370. The number of hydrogen-bond acceptors (Lipinski definition) is 9. The molecule has 4 unspecified atom stereocenters. The molecule has 7 rings (SSSR count). The van der Waals surface area contributed by atoms with Crippen molar-refractivity contribution in [3.8, 4) is 11.8 Å². The maximum Gasteiger partial charge on any atom is 0.251 e. The highest BCUT2D eigenvalue weighted by atomic mass is 35.5. The van der Waals surface area contributed by atoms with E-state index in [0.717, 1.165) is 24.0 Å². The van der Waals surface area contributed by atoms with Crippen LogP contribution in [0.3, 0.4) is 0 Å². The van der Waals surface area contributed by atoms with Gasteiger partial charge in [-0.25, -0.2) is 0 Å². The average Bonchev–Trinajstić information content (AvgIpc) is 3.89. The van der Waals surface area contributed by atoms with E-state index < -0.39 is 40.8 Å². The first-order valence-corrected chi connectivity index (χ1v) is 22.6. The number of aryl methyl sites for hydroxylation is 1. The number of carbonyl (C=O) groups is 4. The van der Waals surface area contributed by atoms with E-state index in [0.29, 0.717) is 46.4 Å². The molecular formula is C50H59ClN6O7. The number of rotatable bonds is 13. The van der Waals surface area contributed by atoms with Gasteiger partial charge >= 0.3 is 0 Å². The van der Waals surface area contributed by atoms with Crippen LogP contribution in [0.4, 0.5) is 0 Å². The number of nitriles is 1. The van der Waals surface area contributed by atoms with Gasteiger partial charge in [-0.1, -0.05) is 101 Å². The van der Waals surface area contributed by atoms with Crippen molar-refractivity contribution in [2.75, 3.05) is 19.6 Å². The molecule has 64 heavy (non-hydrogen) atoms. The summed E-state index contributed by atoms with van der Waals surface area (Å²) in [6, 6.07) is 24.1. The number of ether oxygens (including phenoxy) is 1. The molecule has 4 atom stereocenters. The number of halogens is 1. The molecule has 338 valence electrons. The van der Waals surface area contributed by atoms with E-state index >= 15 is 0 Å². The van der Waals surface area contributed by atoms with Gasteiger partial charge in [-0.3, -0.25) is 19.2 Å². The highest BCUT2D eigenvalue weighted by Gasteiger charge is 2.64. The van der Waals surface area contributed by atoms with Crippen molar-refractivity contribution in [3.63, 3.8) is 0 Å². The van der Waals surface area contributed by atoms with Crippen molar-refractivity contribution in [3.05, 3.63) is 118 Å². The van der Waals surface area contributed by atoms with E-state index in [1.165, 1.54) is 4.90 Å². The van der Waals surface area contributed by atoms with Gasteiger partial charge in [0.25, 0.3) is 5.91 Å². The molecule has 4 aromatic rings. The number of β-amino-alcohol motifs (C(OH)–C–C–N with tert-alkyl or cyclic N) is 1. The third kappa shape index (κ3) is 9.54. The molecule has 14 heteroatoms. The number of likely N-dealkylation sites (tertiary alicyclic amines) is 2. The second-order valence-electron chi connectivity index (χ2n) is 19.2. The lowest BCUT2D eigenvalue weighted by molar-refractivity contribution is -0.164. The number of benzene rings is 3. The molecule has 3 heterocycles. The zero-order chi connectivity index (χ0) is 46.1. The summed E-state index contributed by atoms with van der Waals surface area (Å²) in [5, 5.41) is 30.6. The topological polar surface area (TPSA) is 178 Å². The number of nitrogens with zero attached hydrogens (tertiary/aromatic N) is 4. The Hall–Kier alpha value is -5.71. The van der Waals surface area contributed by atoms with Crippen molar-refractivity contribution in [2.24, 2.45) is 16.7 Å². The van der Waals surface area contributed by atoms with Crippen LogP contribution in [0.25, 0.3) is 0 Å². The molecule has 1 saturated carbocycles. The molecular weight excluding hydrogens is 832 g/mol. The second kappa shape index (κ2) is 18.8. The lowest BCUT2D eigenvalue weighted by Gasteiger charge is -2.63. The molecule has 1 aromatic heterocycles. The van der Waals surface area contributed by atoms with Gasteiger partial charge in [0.1, 0.15) is 35.6 Å². The largest absolute Gasteiger partial charge is 0.489 e. The summed E-state index contributed by atoms with van der Waals surface area (Å²) in [6.45, 7) is 15.0. The summed E-state index contributed by atoms with van der Waals surface area (Å²) in [5.41, 5.74) is 2.67. The van der Waals surface area contributed by atoms with Gasteiger partial charge < -0.3 is 34.8 Å². The van der Waals surface area contributed by atoms with Gasteiger partial charge in [0.2, 0.25) is 17.7 Å². The highest BCUT2D eigenvalue weighted by Crippen LogP contribution is 2.55. The number of amides is 4. The van der Waals surface area contributed by atoms with E-state index in [4.69, 9.17) is 20.9 Å². The Morgan fingerprint density at radius 1 is 0.984 bits per heavy atom. The van der Waals surface area contributed by atoms with Crippen molar-refractivity contribution in [1.82, 2.24) is 25.6 Å². The summed E-state index contributed by atoms with van der Waals surface area (Å²) >= 11 is 6.26. The Balaban J connectivity index is 0.941. The molecule has 0 radical (unpaired) electrons. The molecule has 13 nitrogen and oxygen atoms in total. The molecule has 2 saturated heterocycles. The number of hydrogen-bond donors (Lipinski definition) is 3. The lowest BCUT2D eigenvalue weighted by atomic mass is 9.49. The van der Waals surface area contributed by atoms with Crippen LogP contribution in [0.2, 0.25) is 5.02 Å². The van der Waals surface area contributed by atoms with Crippen LogP contribution in [-0.4, -0.2) is 87.6 Å². The quantitative estimate of drug-likeness (QED) is 0.123.